The third-order valence-electron chi connectivity index (χ3n) is 4.45. The van der Waals surface area contributed by atoms with E-state index in [1.807, 2.05) is 0 Å². The van der Waals surface area contributed by atoms with Crippen LogP contribution in [0, 0.1) is 17.8 Å². The predicted octanol–water partition coefficient (Wildman–Crippen LogP) is 2.57. The number of anilines is 1. The SMILES string of the molecule is CC(C)c1nsc(NC2C3CCC(C3)C2C(=O)O)n1. The Morgan fingerprint density at radius 3 is 2.79 bits per heavy atom. The molecular weight excluding hydrogens is 262 g/mol. The summed E-state index contributed by atoms with van der Waals surface area (Å²) in [6.45, 7) is 4.12. The molecule has 2 aliphatic rings. The second-order valence-corrected chi connectivity index (χ2v) is 6.73. The fourth-order valence-electron chi connectivity index (χ4n) is 3.52. The van der Waals surface area contributed by atoms with Crippen molar-refractivity contribution < 1.29 is 9.90 Å². The number of carboxylic acid groups (broad SMARTS) is 1. The smallest absolute Gasteiger partial charge is 0.308 e. The topological polar surface area (TPSA) is 75.1 Å². The third kappa shape index (κ3) is 2.22. The Morgan fingerprint density at radius 1 is 1.42 bits per heavy atom. The van der Waals surface area contributed by atoms with E-state index in [0.717, 1.165) is 30.2 Å². The lowest BCUT2D eigenvalue weighted by Crippen LogP contribution is -2.39. The van der Waals surface area contributed by atoms with Crippen molar-refractivity contribution in [2.75, 3.05) is 5.32 Å². The maximum Gasteiger partial charge on any atom is 0.308 e. The third-order valence-corrected chi connectivity index (χ3v) is 5.11. The molecule has 2 N–H and O–H groups in total. The molecular formula is C13H19N3O2S. The van der Waals surface area contributed by atoms with Crippen molar-refractivity contribution in [3.8, 4) is 0 Å². The minimum Gasteiger partial charge on any atom is -0.481 e. The number of aliphatic carboxylic acids is 1. The van der Waals surface area contributed by atoms with E-state index >= 15 is 0 Å². The van der Waals surface area contributed by atoms with Gasteiger partial charge < -0.3 is 10.4 Å². The van der Waals surface area contributed by atoms with Gasteiger partial charge in [0.2, 0.25) is 5.13 Å². The second-order valence-electron chi connectivity index (χ2n) is 5.98. The van der Waals surface area contributed by atoms with E-state index in [1.54, 1.807) is 0 Å². The number of carboxylic acids is 1. The van der Waals surface area contributed by atoms with Crippen molar-refractivity contribution in [1.82, 2.24) is 9.36 Å². The molecule has 1 heterocycles. The van der Waals surface area contributed by atoms with Crippen molar-refractivity contribution in [3.05, 3.63) is 5.82 Å². The highest BCUT2D eigenvalue weighted by atomic mass is 32.1. The fourth-order valence-corrected chi connectivity index (χ4v) is 4.28. The molecule has 0 aliphatic heterocycles. The van der Waals surface area contributed by atoms with Crippen LogP contribution in [0.15, 0.2) is 0 Å². The van der Waals surface area contributed by atoms with Crippen LogP contribution in [0.5, 0.6) is 0 Å². The molecule has 3 rings (SSSR count). The van der Waals surface area contributed by atoms with Crippen LogP contribution in [0.1, 0.15) is 44.9 Å². The molecule has 0 amide bonds. The fraction of sp³-hybridized carbons (Fsp3) is 0.769. The molecule has 2 bridgehead atoms. The van der Waals surface area contributed by atoms with Crippen LogP contribution >= 0.6 is 11.5 Å². The van der Waals surface area contributed by atoms with Crippen LogP contribution in [0.4, 0.5) is 5.13 Å². The highest BCUT2D eigenvalue weighted by Crippen LogP contribution is 2.49. The van der Waals surface area contributed by atoms with Crippen LogP contribution in [0.25, 0.3) is 0 Å². The van der Waals surface area contributed by atoms with E-state index < -0.39 is 5.97 Å². The summed E-state index contributed by atoms with van der Waals surface area (Å²) in [6, 6.07) is 0.0317. The lowest BCUT2D eigenvalue weighted by Gasteiger charge is -2.28. The molecule has 0 radical (unpaired) electrons. The average Bonchev–Trinajstić information content (AvgIpc) is 3.02. The molecule has 2 saturated carbocycles. The zero-order chi connectivity index (χ0) is 13.6. The van der Waals surface area contributed by atoms with Crippen LogP contribution in [-0.2, 0) is 4.79 Å². The summed E-state index contributed by atoms with van der Waals surface area (Å²) < 4.78 is 4.31. The molecule has 4 unspecified atom stereocenters. The molecule has 5 nitrogen and oxygen atoms in total. The van der Waals surface area contributed by atoms with E-state index in [4.69, 9.17) is 0 Å². The largest absolute Gasteiger partial charge is 0.481 e. The minimum absolute atomic E-state index is 0.0317. The summed E-state index contributed by atoms with van der Waals surface area (Å²) in [5.74, 6) is 1.04. The van der Waals surface area contributed by atoms with Crippen LogP contribution in [-0.4, -0.2) is 26.5 Å². The summed E-state index contributed by atoms with van der Waals surface area (Å²) in [5, 5.41) is 13.5. The van der Waals surface area contributed by atoms with E-state index in [-0.39, 0.29) is 12.0 Å². The normalized spacial score (nSPS) is 33.0. The molecule has 0 spiro atoms. The van der Waals surface area contributed by atoms with Gasteiger partial charge in [-0.1, -0.05) is 13.8 Å². The van der Waals surface area contributed by atoms with Gasteiger partial charge in [0.05, 0.1) is 5.92 Å². The number of nitrogens with one attached hydrogen (secondary N) is 1. The molecule has 1 aromatic rings. The Morgan fingerprint density at radius 2 is 2.16 bits per heavy atom. The van der Waals surface area contributed by atoms with E-state index in [9.17, 15) is 9.90 Å². The highest BCUT2D eigenvalue weighted by molar-refractivity contribution is 7.09. The van der Waals surface area contributed by atoms with Gasteiger partial charge in [-0.05, 0) is 31.1 Å². The summed E-state index contributed by atoms with van der Waals surface area (Å²) in [4.78, 5) is 15.9. The van der Waals surface area contributed by atoms with Crippen molar-refractivity contribution in [2.24, 2.45) is 17.8 Å². The van der Waals surface area contributed by atoms with Crippen LogP contribution in [0.3, 0.4) is 0 Å². The van der Waals surface area contributed by atoms with Crippen molar-refractivity contribution in [2.45, 2.75) is 45.1 Å². The second kappa shape index (κ2) is 4.74. The number of carbonyl (C=O) groups is 1. The molecule has 0 aromatic carbocycles. The molecule has 104 valence electrons. The summed E-state index contributed by atoms with van der Waals surface area (Å²) in [7, 11) is 0. The zero-order valence-corrected chi connectivity index (χ0v) is 12.0. The molecule has 1 aromatic heterocycles. The first kappa shape index (κ1) is 12.8. The first-order valence-electron chi connectivity index (χ1n) is 6.89. The van der Waals surface area contributed by atoms with Gasteiger partial charge in [0.25, 0.3) is 0 Å². The number of fused-ring (bicyclic) bond motifs is 2. The van der Waals surface area contributed by atoms with Crippen molar-refractivity contribution in [1.29, 1.82) is 0 Å². The van der Waals surface area contributed by atoms with E-state index in [1.165, 1.54) is 11.5 Å². The molecule has 6 heteroatoms. The summed E-state index contributed by atoms with van der Waals surface area (Å²) in [5.41, 5.74) is 0. The van der Waals surface area contributed by atoms with Crippen molar-refractivity contribution >= 4 is 22.6 Å². The maximum atomic E-state index is 11.4. The van der Waals surface area contributed by atoms with Crippen LogP contribution in [0.2, 0.25) is 0 Å². The molecule has 0 saturated heterocycles. The summed E-state index contributed by atoms with van der Waals surface area (Å²) in [6.07, 6.45) is 3.25. The van der Waals surface area contributed by atoms with Crippen LogP contribution < -0.4 is 5.32 Å². The highest BCUT2D eigenvalue weighted by Gasteiger charge is 2.51. The molecule has 2 fully saturated rings. The number of hydrogen-bond acceptors (Lipinski definition) is 5. The zero-order valence-electron chi connectivity index (χ0n) is 11.2. The lowest BCUT2D eigenvalue weighted by molar-refractivity contribution is -0.143. The number of nitrogens with zero attached hydrogens (tertiary/aromatic N) is 2. The Balaban J connectivity index is 1.76. The van der Waals surface area contributed by atoms with Gasteiger partial charge in [-0.15, -0.1) is 0 Å². The van der Waals surface area contributed by atoms with Crippen molar-refractivity contribution in [3.63, 3.8) is 0 Å². The van der Waals surface area contributed by atoms with E-state index in [2.05, 4.69) is 28.5 Å². The first-order valence-corrected chi connectivity index (χ1v) is 7.66. The minimum atomic E-state index is -0.668. The average molecular weight is 281 g/mol. The van der Waals surface area contributed by atoms with Gasteiger partial charge in [0.1, 0.15) is 5.82 Å². The quantitative estimate of drug-likeness (QED) is 0.887. The molecule has 4 atom stereocenters. The Hall–Kier alpha value is -1.17. The van der Waals surface area contributed by atoms with Gasteiger partial charge in [0.15, 0.2) is 0 Å². The van der Waals surface area contributed by atoms with Gasteiger partial charge in [-0.2, -0.15) is 4.37 Å². The van der Waals surface area contributed by atoms with Gasteiger partial charge in [-0.3, -0.25) is 4.79 Å². The van der Waals surface area contributed by atoms with Gasteiger partial charge >= 0.3 is 5.97 Å². The molecule has 2 aliphatic carbocycles. The summed E-state index contributed by atoms with van der Waals surface area (Å²) >= 11 is 1.34. The Labute approximate surface area is 116 Å². The number of aromatic nitrogens is 2. The molecule has 19 heavy (non-hydrogen) atoms. The Kier molecular flexibility index (Phi) is 3.20. The monoisotopic (exact) mass is 281 g/mol. The standard InChI is InChI=1S/C13H19N3O2S/c1-6(2)11-15-13(19-16-11)14-10-8-4-3-7(5-8)9(10)12(17)18/h6-10H,3-5H2,1-2H3,(H,17,18)(H,14,15,16). The number of hydrogen-bond donors (Lipinski definition) is 2. The first-order chi connectivity index (χ1) is 9.06. The predicted molar refractivity (Wildman–Crippen MR) is 73.4 cm³/mol. The maximum absolute atomic E-state index is 11.4. The van der Waals surface area contributed by atoms with Gasteiger partial charge in [0, 0.05) is 23.5 Å². The van der Waals surface area contributed by atoms with E-state index in [0.29, 0.717) is 17.8 Å². The Bertz CT molecular complexity index is 488. The number of rotatable bonds is 4. The lowest BCUT2D eigenvalue weighted by atomic mass is 9.84. The van der Waals surface area contributed by atoms with Gasteiger partial charge in [-0.25, -0.2) is 4.98 Å².